The zero-order valence-electron chi connectivity index (χ0n) is 17.7. The van der Waals surface area contributed by atoms with Crippen molar-refractivity contribution in [1.29, 1.82) is 0 Å². The summed E-state index contributed by atoms with van der Waals surface area (Å²) in [5.74, 6) is 0. The van der Waals surface area contributed by atoms with Gasteiger partial charge in [-0.1, -0.05) is 111 Å². The maximum atomic E-state index is 3.96. The largest absolute Gasteiger partial charge is 0.0955 e. The highest BCUT2D eigenvalue weighted by molar-refractivity contribution is 5.62. The first-order valence-electron chi connectivity index (χ1n) is 9.79. The molecule has 0 heterocycles. The fraction of sp³-hybridized carbons (Fsp3) is 0.652. The smallest absolute Gasteiger partial charge is 0.0230 e. The first-order valence-corrected chi connectivity index (χ1v) is 9.79. The van der Waals surface area contributed by atoms with Crippen molar-refractivity contribution in [2.75, 3.05) is 0 Å². The van der Waals surface area contributed by atoms with Gasteiger partial charge in [0.25, 0.3) is 0 Å². The molecule has 0 heteroatoms. The van der Waals surface area contributed by atoms with Crippen LogP contribution in [0.4, 0.5) is 0 Å². The normalized spacial score (nSPS) is 8.57. The molecule has 0 N–H and O–H groups in total. The molecule has 0 aliphatic rings. The van der Waals surface area contributed by atoms with Crippen molar-refractivity contribution in [2.24, 2.45) is 0 Å². The van der Waals surface area contributed by atoms with Crippen LogP contribution in [0.15, 0.2) is 24.8 Å². The number of hydrogen-bond acceptors (Lipinski definition) is 0. The molecule has 0 aliphatic carbocycles. The van der Waals surface area contributed by atoms with Gasteiger partial charge in [0.15, 0.2) is 0 Å². The third-order valence-electron chi connectivity index (χ3n) is 3.46. The Morgan fingerprint density at radius 1 is 0.739 bits per heavy atom. The Kier molecular flexibility index (Phi) is 24.5. The van der Waals surface area contributed by atoms with Crippen molar-refractivity contribution in [1.82, 2.24) is 0 Å². The highest BCUT2D eigenvalue weighted by atomic mass is 14.1. The fourth-order valence-electron chi connectivity index (χ4n) is 1.57. The molecule has 0 amide bonds. The number of allylic oxidation sites excluding steroid dienone is 1. The Morgan fingerprint density at radius 3 is 1.39 bits per heavy atom. The molecule has 1 rings (SSSR count). The lowest BCUT2D eigenvalue weighted by atomic mass is 9.98. The number of benzene rings is 1. The summed E-state index contributed by atoms with van der Waals surface area (Å²) in [6.07, 6.45) is 7.52. The minimum atomic E-state index is 1.12. The molecule has 0 bridgehead atoms. The van der Waals surface area contributed by atoms with E-state index in [0.717, 1.165) is 18.4 Å². The van der Waals surface area contributed by atoms with Gasteiger partial charge in [0.05, 0.1) is 0 Å². The zero-order valence-corrected chi connectivity index (χ0v) is 17.7. The Labute approximate surface area is 148 Å². The first-order chi connectivity index (χ1) is 11.0. The average molecular weight is 321 g/mol. The van der Waals surface area contributed by atoms with Gasteiger partial charge in [-0.25, -0.2) is 0 Å². The standard InChI is InChI=1S/C13H18.2C4H10.C2H6/c1-5-11-7-8-13(10(3)4)9-12(11)6-2;2*1-3-4-2;1-2/h7-9H,3,5-6H2,1-2,4H3;2*3-4H2,1-2H3;1-2H3. The van der Waals surface area contributed by atoms with Crippen LogP contribution < -0.4 is 0 Å². The number of hydrogen-bond donors (Lipinski definition) is 0. The van der Waals surface area contributed by atoms with Crippen molar-refractivity contribution in [3.63, 3.8) is 0 Å². The van der Waals surface area contributed by atoms with Gasteiger partial charge < -0.3 is 0 Å². The van der Waals surface area contributed by atoms with E-state index in [9.17, 15) is 0 Å². The number of rotatable bonds is 5. The van der Waals surface area contributed by atoms with Gasteiger partial charge in [0.1, 0.15) is 0 Å². The summed E-state index contributed by atoms with van der Waals surface area (Å²) < 4.78 is 0. The van der Waals surface area contributed by atoms with E-state index in [1.165, 1.54) is 42.4 Å². The Morgan fingerprint density at radius 2 is 1.13 bits per heavy atom. The molecule has 0 nitrogen and oxygen atoms in total. The molecule has 0 radical (unpaired) electrons. The summed E-state index contributed by atoms with van der Waals surface area (Å²) in [6, 6.07) is 6.66. The van der Waals surface area contributed by atoms with E-state index in [1.54, 1.807) is 0 Å². The van der Waals surface area contributed by atoms with E-state index in [2.05, 4.69) is 73.2 Å². The van der Waals surface area contributed by atoms with Crippen LogP contribution in [0.25, 0.3) is 5.57 Å². The third kappa shape index (κ3) is 15.6. The lowest BCUT2D eigenvalue weighted by molar-refractivity contribution is 0.886. The Balaban J connectivity index is -0.000000333. The summed E-state index contributed by atoms with van der Waals surface area (Å²) in [5.41, 5.74) is 5.35. The van der Waals surface area contributed by atoms with Crippen molar-refractivity contribution in [3.8, 4) is 0 Å². The summed E-state index contributed by atoms with van der Waals surface area (Å²) >= 11 is 0. The number of aryl methyl sites for hydroxylation is 2. The molecule has 0 fully saturated rings. The van der Waals surface area contributed by atoms with Crippen molar-refractivity contribution in [2.45, 2.75) is 101 Å². The summed E-state index contributed by atoms with van der Waals surface area (Å²) in [4.78, 5) is 0. The predicted octanol–water partition coefficient (Wildman–Crippen LogP) is 8.48. The van der Waals surface area contributed by atoms with Crippen molar-refractivity contribution < 1.29 is 0 Å². The van der Waals surface area contributed by atoms with E-state index in [4.69, 9.17) is 0 Å². The van der Waals surface area contributed by atoms with Crippen molar-refractivity contribution >= 4 is 5.57 Å². The maximum Gasteiger partial charge on any atom is -0.0230 e. The second kappa shape index (κ2) is 21.0. The topological polar surface area (TPSA) is 0 Å². The fourth-order valence-corrected chi connectivity index (χ4v) is 1.57. The van der Waals surface area contributed by atoms with E-state index >= 15 is 0 Å². The van der Waals surface area contributed by atoms with Crippen LogP contribution in [0.1, 0.15) is 105 Å². The molecule has 0 atom stereocenters. The van der Waals surface area contributed by atoms with Crippen LogP contribution in [0.2, 0.25) is 0 Å². The van der Waals surface area contributed by atoms with Crippen LogP contribution >= 0.6 is 0 Å². The second-order valence-electron chi connectivity index (χ2n) is 5.47. The molecule has 0 saturated carbocycles. The van der Waals surface area contributed by atoms with Crippen LogP contribution in [0, 0.1) is 0 Å². The van der Waals surface area contributed by atoms with Gasteiger partial charge in [-0.05, 0) is 36.5 Å². The van der Waals surface area contributed by atoms with E-state index in [0.29, 0.717) is 0 Å². The number of unbranched alkanes of at least 4 members (excludes halogenated alkanes) is 2. The SMILES string of the molecule is C=C(C)c1ccc(CC)c(CC)c1.CC.CCCC.CCCC. The van der Waals surface area contributed by atoms with Crippen LogP contribution in [-0.2, 0) is 12.8 Å². The molecule has 1 aromatic rings. The van der Waals surface area contributed by atoms with Crippen LogP contribution in [-0.4, -0.2) is 0 Å². The molecule has 23 heavy (non-hydrogen) atoms. The van der Waals surface area contributed by atoms with Crippen LogP contribution in [0.5, 0.6) is 0 Å². The summed E-state index contributed by atoms with van der Waals surface area (Å²) in [7, 11) is 0. The zero-order chi connectivity index (χ0) is 18.7. The van der Waals surface area contributed by atoms with Gasteiger partial charge in [0, 0.05) is 0 Å². The van der Waals surface area contributed by atoms with Gasteiger partial charge in [-0.3, -0.25) is 0 Å². The van der Waals surface area contributed by atoms with Crippen molar-refractivity contribution in [3.05, 3.63) is 41.5 Å². The Bertz CT molecular complexity index is 352. The Hall–Kier alpha value is -1.04. The molecular formula is C23H44. The second-order valence-corrected chi connectivity index (χ2v) is 5.47. The van der Waals surface area contributed by atoms with E-state index in [-0.39, 0.29) is 0 Å². The van der Waals surface area contributed by atoms with Gasteiger partial charge >= 0.3 is 0 Å². The van der Waals surface area contributed by atoms with Gasteiger partial charge in [-0.15, -0.1) is 0 Å². The van der Waals surface area contributed by atoms with Gasteiger partial charge in [-0.2, -0.15) is 0 Å². The molecule has 0 spiro atoms. The molecule has 0 unspecified atom stereocenters. The van der Waals surface area contributed by atoms with E-state index in [1.807, 2.05) is 13.8 Å². The highest BCUT2D eigenvalue weighted by Gasteiger charge is 2.00. The molecule has 0 saturated heterocycles. The quantitative estimate of drug-likeness (QED) is 0.510. The third-order valence-corrected chi connectivity index (χ3v) is 3.46. The monoisotopic (exact) mass is 320 g/mol. The lowest BCUT2D eigenvalue weighted by Crippen LogP contribution is -1.92. The van der Waals surface area contributed by atoms with E-state index < -0.39 is 0 Å². The molecule has 0 aliphatic heterocycles. The summed E-state index contributed by atoms with van der Waals surface area (Å²) in [6.45, 7) is 23.1. The first kappa shape index (κ1) is 26.8. The highest BCUT2D eigenvalue weighted by Crippen LogP contribution is 2.18. The minimum absolute atomic E-state index is 1.12. The molecule has 1 aromatic carbocycles. The lowest BCUT2D eigenvalue weighted by Gasteiger charge is -2.08. The average Bonchev–Trinajstić information content (AvgIpc) is 2.62. The van der Waals surface area contributed by atoms with Gasteiger partial charge in [0.2, 0.25) is 0 Å². The maximum absolute atomic E-state index is 3.96. The molecule has 0 aromatic heterocycles. The summed E-state index contributed by atoms with van der Waals surface area (Å²) in [5, 5.41) is 0. The van der Waals surface area contributed by atoms with Crippen LogP contribution in [0.3, 0.4) is 0 Å². The molecule has 136 valence electrons. The predicted molar refractivity (Wildman–Crippen MR) is 112 cm³/mol. The molecular weight excluding hydrogens is 276 g/mol. The minimum Gasteiger partial charge on any atom is -0.0955 e.